The molecule has 6 heteroatoms. The van der Waals surface area contributed by atoms with Gasteiger partial charge in [-0.3, -0.25) is 4.79 Å². The predicted molar refractivity (Wildman–Crippen MR) is 77.3 cm³/mol. The molecule has 0 radical (unpaired) electrons. The van der Waals surface area contributed by atoms with Crippen LogP contribution >= 0.6 is 11.6 Å². The Morgan fingerprint density at radius 2 is 2.20 bits per heavy atom. The first-order valence-electron chi connectivity index (χ1n) is 6.43. The second-order valence-electron chi connectivity index (χ2n) is 4.75. The van der Waals surface area contributed by atoms with Gasteiger partial charge < -0.3 is 9.47 Å². The lowest BCUT2D eigenvalue weighted by Gasteiger charge is -2.16. The Morgan fingerprint density at radius 3 is 2.80 bits per heavy atom. The predicted octanol–water partition coefficient (Wildman–Crippen LogP) is 2.70. The first-order valence-corrected chi connectivity index (χ1v) is 6.96. The van der Waals surface area contributed by atoms with E-state index in [1.807, 2.05) is 6.92 Å². The molecule has 0 aliphatic carbocycles. The van der Waals surface area contributed by atoms with Gasteiger partial charge in [-0.15, -0.1) is 11.6 Å². The van der Waals surface area contributed by atoms with Gasteiger partial charge in [-0.1, -0.05) is 0 Å². The van der Waals surface area contributed by atoms with Crippen LogP contribution in [0, 0.1) is 12.7 Å². The monoisotopic (exact) mass is 297 g/mol. The molecule has 0 unspecified atom stereocenters. The summed E-state index contributed by atoms with van der Waals surface area (Å²) in [5, 5.41) is 0. The van der Waals surface area contributed by atoms with E-state index < -0.39 is 0 Å². The van der Waals surface area contributed by atoms with Gasteiger partial charge in [0.05, 0.1) is 16.9 Å². The second kappa shape index (κ2) is 5.79. The largest absolute Gasteiger partial charge is 0.344 e. The fourth-order valence-electron chi connectivity index (χ4n) is 2.01. The Hall–Kier alpha value is -1.62. The van der Waals surface area contributed by atoms with Crippen LogP contribution in [-0.2, 0) is 17.2 Å². The number of aryl methyl sites for hydroxylation is 1. The van der Waals surface area contributed by atoms with E-state index in [9.17, 15) is 9.18 Å². The lowest BCUT2D eigenvalue weighted by atomic mass is 10.2. The standard InChI is InChI=1S/C14H17ClFN3O/c1-4-18(3)14(20)8-19-12-5-9(2)10(16)6-11(12)17-13(19)7-15/h5-6H,4,7-8H2,1-3H3. The van der Waals surface area contributed by atoms with Crippen LogP contribution in [0.4, 0.5) is 4.39 Å². The summed E-state index contributed by atoms with van der Waals surface area (Å²) in [7, 11) is 1.74. The molecule has 1 aromatic heterocycles. The maximum atomic E-state index is 13.6. The van der Waals surface area contributed by atoms with Gasteiger partial charge in [-0.2, -0.15) is 0 Å². The molecule has 2 rings (SSSR count). The Balaban J connectivity index is 2.50. The minimum absolute atomic E-state index is 0.0276. The molecule has 1 amide bonds. The fraction of sp³-hybridized carbons (Fsp3) is 0.429. The van der Waals surface area contributed by atoms with E-state index in [2.05, 4.69) is 4.98 Å². The third kappa shape index (κ3) is 2.63. The minimum atomic E-state index is -0.305. The van der Waals surface area contributed by atoms with Crippen molar-refractivity contribution in [3.05, 3.63) is 29.3 Å². The fourth-order valence-corrected chi connectivity index (χ4v) is 2.21. The summed E-state index contributed by atoms with van der Waals surface area (Å²) in [5.74, 6) is 0.420. The molecule has 2 aromatic rings. The highest BCUT2D eigenvalue weighted by molar-refractivity contribution is 6.16. The topological polar surface area (TPSA) is 38.1 Å². The Morgan fingerprint density at radius 1 is 1.50 bits per heavy atom. The number of alkyl halides is 1. The van der Waals surface area contributed by atoms with E-state index in [1.165, 1.54) is 6.07 Å². The molecule has 108 valence electrons. The van der Waals surface area contributed by atoms with Gasteiger partial charge in [0.15, 0.2) is 0 Å². The van der Waals surface area contributed by atoms with Crippen molar-refractivity contribution in [2.45, 2.75) is 26.3 Å². The van der Waals surface area contributed by atoms with Crippen molar-refractivity contribution in [1.82, 2.24) is 14.5 Å². The van der Waals surface area contributed by atoms with E-state index in [0.717, 1.165) is 5.52 Å². The number of benzene rings is 1. The number of carbonyl (C=O) groups excluding carboxylic acids is 1. The summed E-state index contributed by atoms with van der Waals surface area (Å²) in [6.45, 7) is 4.39. The lowest BCUT2D eigenvalue weighted by molar-refractivity contribution is -0.130. The molecule has 0 atom stereocenters. The van der Waals surface area contributed by atoms with Gasteiger partial charge in [-0.05, 0) is 25.5 Å². The third-order valence-corrected chi connectivity index (χ3v) is 3.66. The smallest absolute Gasteiger partial charge is 0.242 e. The van der Waals surface area contributed by atoms with Gasteiger partial charge in [0.25, 0.3) is 0 Å². The molecule has 20 heavy (non-hydrogen) atoms. The summed E-state index contributed by atoms with van der Waals surface area (Å²) in [5.41, 5.74) is 1.78. The number of halogens is 2. The molecule has 1 heterocycles. The van der Waals surface area contributed by atoms with Crippen molar-refractivity contribution in [3.8, 4) is 0 Å². The van der Waals surface area contributed by atoms with Crippen LogP contribution in [0.3, 0.4) is 0 Å². The maximum absolute atomic E-state index is 13.6. The zero-order chi connectivity index (χ0) is 14.9. The van der Waals surface area contributed by atoms with Crippen molar-refractivity contribution >= 4 is 28.5 Å². The quantitative estimate of drug-likeness (QED) is 0.814. The number of hydrogen-bond acceptors (Lipinski definition) is 2. The highest BCUT2D eigenvalue weighted by Crippen LogP contribution is 2.21. The highest BCUT2D eigenvalue weighted by Gasteiger charge is 2.16. The molecular weight excluding hydrogens is 281 g/mol. The van der Waals surface area contributed by atoms with Gasteiger partial charge in [-0.25, -0.2) is 9.37 Å². The van der Waals surface area contributed by atoms with Gasteiger partial charge in [0, 0.05) is 19.7 Å². The second-order valence-corrected chi connectivity index (χ2v) is 5.01. The summed E-state index contributed by atoms with van der Waals surface area (Å²) >= 11 is 5.88. The molecule has 0 saturated carbocycles. The van der Waals surface area contributed by atoms with E-state index >= 15 is 0 Å². The molecule has 1 aromatic carbocycles. The van der Waals surface area contributed by atoms with Gasteiger partial charge in [0.1, 0.15) is 18.2 Å². The number of fused-ring (bicyclic) bond motifs is 1. The maximum Gasteiger partial charge on any atom is 0.242 e. The third-order valence-electron chi connectivity index (χ3n) is 3.42. The highest BCUT2D eigenvalue weighted by atomic mass is 35.5. The van der Waals surface area contributed by atoms with Crippen molar-refractivity contribution in [2.24, 2.45) is 0 Å². The van der Waals surface area contributed by atoms with Crippen molar-refractivity contribution < 1.29 is 9.18 Å². The number of carbonyl (C=O) groups is 1. The van der Waals surface area contributed by atoms with Crippen molar-refractivity contribution in [2.75, 3.05) is 13.6 Å². The molecule has 0 aliphatic heterocycles. The number of imidazole rings is 1. The normalized spacial score (nSPS) is 11.1. The van der Waals surface area contributed by atoms with Crippen molar-refractivity contribution in [3.63, 3.8) is 0 Å². The number of hydrogen-bond donors (Lipinski definition) is 0. The average Bonchev–Trinajstić information content (AvgIpc) is 2.76. The zero-order valence-electron chi connectivity index (χ0n) is 11.8. The summed E-state index contributed by atoms with van der Waals surface area (Å²) in [4.78, 5) is 18.0. The first kappa shape index (κ1) is 14.8. The molecule has 0 fully saturated rings. The molecule has 0 bridgehead atoms. The van der Waals surface area contributed by atoms with E-state index in [1.54, 1.807) is 29.5 Å². The van der Waals surface area contributed by atoms with Crippen LogP contribution in [0.1, 0.15) is 18.3 Å². The first-order chi connectivity index (χ1) is 9.47. The summed E-state index contributed by atoms with van der Waals surface area (Å²) in [6.07, 6.45) is 0. The van der Waals surface area contributed by atoms with E-state index in [-0.39, 0.29) is 24.1 Å². The van der Waals surface area contributed by atoms with E-state index in [4.69, 9.17) is 11.6 Å². The van der Waals surface area contributed by atoms with Crippen LogP contribution in [0.15, 0.2) is 12.1 Å². The zero-order valence-corrected chi connectivity index (χ0v) is 12.5. The lowest BCUT2D eigenvalue weighted by Crippen LogP contribution is -2.30. The van der Waals surface area contributed by atoms with Crippen molar-refractivity contribution in [1.29, 1.82) is 0 Å². The van der Waals surface area contributed by atoms with E-state index in [0.29, 0.717) is 23.4 Å². The average molecular weight is 298 g/mol. The van der Waals surface area contributed by atoms with Crippen LogP contribution in [0.5, 0.6) is 0 Å². The summed E-state index contributed by atoms with van der Waals surface area (Å²) in [6, 6.07) is 3.08. The Bertz CT molecular complexity index is 653. The number of amides is 1. The number of aromatic nitrogens is 2. The Kier molecular flexibility index (Phi) is 4.28. The molecule has 0 aliphatic rings. The molecule has 4 nitrogen and oxygen atoms in total. The van der Waals surface area contributed by atoms with Crippen LogP contribution < -0.4 is 0 Å². The van der Waals surface area contributed by atoms with Crippen LogP contribution in [0.2, 0.25) is 0 Å². The minimum Gasteiger partial charge on any atom is -0.344 e. The SMILES string of the molecule is CCN(C)C(=O)Cn1c(CCl)nc2cc(F)c(C)cc21. The molecule has 0 spiro atoms. The number of likely N-dealkylation sites (N-methyl/N-ethyl adjacent to an activating group) is 1. The molecular formula is C14H17ClFN3O. The summed E-state index contributed by atoms with van der Waals surface area (Å²) < 4.78 is 15.3. The van der Waals surface area contributed by atoms with Crippen LogP contribution in [-0.4, -0.2) is 34.0 Å². The number of nitrogens with zero attached hydrogens (tertiary/aromatic N) is 3. The Labute approximate surface area is 122 Å². The molecule has 0 N–H and O–H groups in total. The van der Waals surface area contributed by atoms with Gasteiger partial charge in [0.2, 0.25) is 5.91 Å². The van der Waals surface area contributed by atoms with Crippen LogP contribution in [0.25, 0.3) is 11.0 Å². The molecule has 0 saturated heterocycles. The van der Waals surface area contributed by atoms with Gasteiger partial charge >= 0.3 is 0 Å². The number of rotatable bonds is 4.